The lowest BCUT2D eigenvalue weighted by atomic mass is 10.1. The lowest BCUT2D eigenvalue weighted by molar-refractivity contribution is 0.0790. The molecule has 0 aliphatic heterocycles. The molecule has 0 atom stereocenters. The molecule has 0 saturated carbocycles. The SMILES string of the molecule is CCOCn1nnc(-c2ccc(F)cc2)c1-c1ccnc(Nc2ccccc2)n1. The Hall–Kier alpha value is -3.65. The Morgan fingerprint density at radius 2 is 1.83 bits per heavy atom. The van der Waals surface area contributed by atoms with E-state index >= 15 is 0 Å². The normalized spacial score (nSPS) is 10.8. The van der Waals surface area contributed by atoms with Crippen molar-refractivity contribution in [2.45, 2.75) is 13.7 Å². The van der Waals surface area contributed by atoms with Crippen LogP contribution in [0.5, 0.6) is 0 Å². The molecule has 2 heterocycles. The fourth-order valence-electron chi connectivity index (χ4n) is 2.84. The molecule has 0 unspecified atom stereocenters. The zero-order valence-electron chi connectivity index (χ0n) is 15.8. The van der Waals surface area contributed by atoms with Gasteiger partial charge in [0.25, 0.3) is 0 Å². The van der Waals surface area contributed by atoms with Gasteiger partial charge in [-0.15, -0.1) is 5.10 Å². The highest BCUT2D eigenvalue weighted by atomic mass is 19.1. The largest absolute Gasteiger partial charge is 0.359 e. The van der Waals surface area contributed by atoms with E-state index in [9.17, 15) is 4.39 Å². The number of benzene rings is 2. The van der Waals surface area contributed by atoms with Gasteiger partial charge in [-0.25, -0.2) is 19.0 Å². The summed E-state index contributed by atoms with van der Waals surface area (Å²) < 4.78 is 20.5. The number of hydrogen-bond donors (Lipinski definition) is 1. The van der Waals surface area contributed by atoms with E-state index in [-0.39, 0.29) is 12.5 Å². The molecule has 0 aliphatic carbocycles. The molecular weight excluding hydrogens is 371 g/mol. The van der Waals surface area contributed by atoms with Gasteiger partial charge in [0.05, 0.1) is 5.69 Å². The average molecular weight is 390 g/mol. The van der Waals surface area contributed by atoms with Crippen molar-refractivity contribution in [1.29, 1.82) is 0 Å². The number of para-hydroxylation sites is 1. The number of nitrogens with one attached hydrogen (secondary N) is 1. The summed E-state index contributed by atoms with van der Waals surface area (Å²) in [5.41, 5.74) is 3.50. The number of hydrogen-bond acceptors (Lipinski definition) is 6. The van der Waals surface area contributed by atoms with Crippen LogP contribution < -0.4 is 5.32 Å². The third-order valence-electron chi connectivity index (χ3n) is 4.20. The van der Waals surface area contributed by atoms with Crippen molar-refractivity contribution in [3.05, 3.63) is 72.7 Å². The molecule has 0 spiro atoms. The summed E-state index contributed by atoms with van der Waals surface area (Å²) in [5.74, 6) is 0.135. The first-order valence-electron chi connectivity index (χ1n) is 9.17. The van der Waals surface area contributed by atoms with Crippen LogP contribution in [0, 0.1) is 5.82 Å². The maximum Gasteiger partial charge on any atom is 0.227 e. The Bertz CT molecular complexity index is 1080. The van der Waals surface area contributed by atoms with Gasteiger partial charge < -0.3 is 10.1 Å². The van der Waals surface area contributed by atoms with E-state index in [4.69, 9.17) is 4.74 Å². The Balaban J connectivity index is 1.75. The molecule has 0 aliphatic rings. The number of anilines is 2. The number of halogens is 1. The van der Waals surface area contributed by atoms with Crippen LogP contribution in [0.2, 0.25) is 0 Å². The zero-order chi connectivity index (χ0) is 20.1. The maximum atomic E-state index is 13.4. The monoisotopic (exact) mass is 390 g/mol. The molecule has 0 radical (unpaired) electrons. The van der Waals surface area contributed by atoms with Gasteiger partial charge in [0, 0.05) is 24.1 Å². The Morgan fingerprint density at radius 3 is 2.59 bits per heavy atom. The number of aromatic nitrogens is 5. The van der Waals surface area contributed by atoms with E-state index in [1.807, 2.05) is 37.3 Å². The Kier molecular flexibility index (Phi) is 5.53. The summed E-state index contributed by atoms with van der Waals surface area (Å²) in [4.78, 5) is 8.93. The molecule has 4 rings (SSSR count). The second-order valence-corrected chi connectivity index (χ2v) is 6.17. The summed E-state index contributed by atoms with van der Waals surface area (Å²) in [5, 5.41) is 11.7. The van der Waals surface area contributed by atoms with Crippen molar-refractivity contribution < 1.29 is 9.13 Å². The van der Waals surface area contributed by atoms with Gasteiger partial charge in [-0.3, -0.25) is 0 Å². The number of nitrogens with zero attached hydrogens (tertiary/aromatic N) is 5. The van der Waals surface area contributed by atoms with E-state index < -0.39 is 0 Å². The van der Waals surface area contributed by atoms with Gasteiger partial charge in [-0.1, -0.05) is 23.4 Å². The summed E-state index contributed by atoms with van der Waals surface area (Å²) >= 11 is 0. The Morgan fingerprint density at radius 1 is 1.03 bits per heavy atom. The second-order valence-electron chi connectivity index (χ2n) is 6.17. The third-order valence-corrected chi connectivity index (χ3v) is 4.20. The predicted octanol–water partition coefficient (Wildman–Crippen LogP) is 4.28. The molecule has 0 saturated heterocycles. The smallest absolute Gasteiger partial charge is 0.227 e. The van der Waals surface area contributed by atoms with Crippen molar-refractivity contribution in [1.82, 2.24) is 25.0 Å². The highest BCUT2D eigenvalue weighted by molar-refractivity contribution is 5.76. The first kappa shape index (κ1) is 18.7. The molecule has 0 fully saturated rings. The minimum atomic E-state index is -0.312. The van der Waals surface area contributed by atoms with Crippen LogP contribution in [0.4, 0.5) is 16.0 Å². The minimum absolute atomic E-state index is 0.228. The highest BCUT2D eigenvalue weighted by Gasteiger charge is 2.19. The minimum Gasteiger partial charge on any atom is -0.359 e. The van der Waals surface area contributed by atoms with E-state index in [2.05, 4.69) is 25.6 Å². The third kappa shape index (κ3) is 4.27. The van der Waals surface area contributed by atoms with Crippen LogP contribution in [-0.2, 0) is 11.5 Å². The first-order valence-corrected chi connectivity index (χ1v) is 9.17. The van der Waals surface area contributed by atoms with Crippen LogP contribution in [0.1, 0.15) is 6.92 Å². The van der Waals surface area contributed by atoms with Gasteiger partial charge in [0.2, 0.25) is 5.95 Å². The van der Waals surface area contributed by atoms with Crippen LogP contribution in [0.3, 0.4) is 0 Å². The quantitative estimate of drug-likeness (QED) is 0.508. The van der Waals surface area contributed by atoms with Crippen molar-refractivity contribution >= 4 is 11.6 Å². The van der Waals surface area contributed by atoms with Crippen molar-refractivity contribution in [3.8, 4) is 22.6 Å². The van der Waals surface area contributed by atoms with Crippen LogP contribution in [0.25, 0.3) is 22.6 Å². The lowest BCUT2D eigenvalue weighted by Crippen LogP contribution is -2.07. The maximum absolute atomic E-state index is 13.4. The molecule has 7 nitrogen and oxygen atoms in total. The van der Waals surface area contributed by atoms with E-state index in [0.29, 0.717) is 29.6 Å². The van der Waals surface area contributed by atoms with Crippen LogP contribution in [0.15, 0.2) is 66.9 Å². The van der Waals surface area contributed by atoms with Crippen LogP contribution >= 0.6 is 0 Å². The van der Waals surface area contributed by atoms with Gasteiger partial charge >= 0.3 is 0 Å². The number of ether oxygens (including phenoxy) is 1. The Labute approximate surface area is 167 Å². The molecule has 8 heteroatoms. The first-order chi connectivity index (χ1) is 14.2. The molecule has 0 amide bonds. The van der Waals surface area contributed by atoms with Gasteiger partial charge in [0.1, 0.15) is 23.9 Å². The standard InChI is InChI=1S/C21H19FN6O/c1-2-29-14-28-20(19(26-27-28)15-8-10-16(22)11-9-15)18-12-13-23-21(25-18)24-17-6-4-3-5-7-17/h3-13H,2,14H2,1H3,(H,23,24,25). The zero-order valence-corrected chi connectivity index (χ0v) is 15.8. The van der Waals surface area contributed by atoms with E-state index in [1.54, 1.807) is 29.1 Å². The van der Waals surface area contributed by atoms with E-state index in [0.717, 1.165) is 11.3 Å². The molecule has 2 aromatic heterocycles. The molecule has 29 heavy (non-hydrogen) atoms. The van der Waals surface area contributed by atoms with Gasteiger partial charge in [-0.2, -0.15) is 0 Å². The highest BCUT2D eigenvalue weighted by Crippen LogP contribution is 2.30. The molecule has 146 valence electrons. The van der Waals surface area contributed by atoms with Crippen LogP contribution in [-0.4, -0.2) is 31.6 Å². The summed E-state index contributed by atoms with van der Waals surface area (Å²) in [7, 11) is 0. The van der Waals surface area contributed by atoms with Crippen molar-refractivity contribution in [2.24, 2.45) is 0 Å². The molecule has 1 N–H and O–H groups in total. The lowest BCUT2D eigenvalue weighted by Gasteiger charge is -2.10. The topological polar surface area (TPSA) is 77.8 Å². The molecule has 0 bridgehead atoms. The predicted molar refractivity (Wildman–Crippen MR) is 108 cm³/mol. The van der Waals surface area contributed by atoms with E-state index in [1.165, 1.54) is 12.1 Å². The molecule has 2 aromatic carbocycles. The average Bonchev–Trinajstić information content (AvgIpc) is 3.17. The summed E-state index contributed by atoms with van der Waals surface area (Å²) in [6, 6.07) is 17.6. The van der Waals surface area contributed by atoms with Gasteiger partial charge in [0.15, 0.2) is 0 Å². The fourth-order valence-corrected chi connectivity index (χ4v) is 2.84. The second kappa shape index (κ2) is 8.57. The molecular formula is C21H19FN6O. The van der Waals surface area contributed by atoms with Crippen molar-refractivity contribution in [3.63, 3.8) is 0 Å². The fraction of sp³-hybridized carbons (Fsp3) is 0.143. The summed E-state index contributed by atoms with van der Waals surface area (Å²) in [6.45, 7) is 2.67. The number of rotatable bonds is 7. The van der Waals surface area contributed by atoms with Gasteiger partial charge in [-0.05, 0) is 49.4 Å². The molecule has 4 aromatic rings. The summed E-state index contributed by atoms with van der Waals surface area (Å²) in [6.07, 6.45) is 1.67. The van der Waals surface area contributed by atoms with Crippen molar-refractivity contribution in [2.75, 3.05) is 11.9 Å².